The van der Waals surface area contributed by atoms with E-state index in [1.165, 1.54) is 0 Å². The fraction of sp³-hybridized carbons (Fsp3) is 0.917. The van der Waals surface area contributed by atoms with E-state index in [4.69, 9.17) is 5.73 Å². The monoisotopic (exact) mass is 228 g/mol. The van der Waals surface area contributed by atoms with Crippen LogP contribution in [0.5, 0.6) is 0 Å². The Morgan fingerprint density at radius 1 is 1.44 bits per heavy atom. The van der Waals surface area contributed by atoms with Crippen molar-refractivity contribution >= 4 is 5.91 Å². The first-order valence-electron chi connectivity index (χ1n) is 6.23. The third kappa shape index (κ3) is 3.46. The molecule has 3 N–H and O–H groups in total. The van der Waals surface area contributed by atoms with Crippen molar-refractivity contribution in [1.82, 2.24) is 4.90 Å². The SMILES string of the molecule is CC(CCN)C(=O)N1CCC(C(C)O)CC1. The average Bonchev–Trinajstić information content (AvgIpc) is 2.28. The second-order valence-electron chi connectivity index (χ2n) is 4.88. The smallest absolute Gasteiger partial charge is 0.225 e. The molecule has 2 unspecified atom stereocenters. The molecule has 1 fully saturated rings. The van der Waals surface area contributed by atoms with Gasteiger partial charge in [0, 0.05) is 19.0 Å². The highest BCUT2D eigenvalue weighted by molar-refractivity contribution is 5.78. The Morgan fingerprint density at radius 3 is 2.44 bits per heavy atom. The van der Waals surface area contributed by atoms with Gasteiger partial charge in [-0.05, 0) is 38.6 Å². The van der Waals surface area contributed by atoms with Gasteiger partial charge < -0.3 is 15.7 Å². The van der Waals surface area contributed by atoms with Gasteiger partial charge in [-0.1, -0.05) is 6.92 Å². The summed E-state index contributed by atoms with van der Waals surface area (Å²) in [6.45, 7) is 5.90. The molecule has 0 aromatic heterocycles. The highest BCUT2D eigenvalue weighted by atomic mass is 16.3. The van der Waals surface area contributed by atoms with E-state index in [-0.39, 0.29) is 17.9 Å². The Balaban J connectivity index is 2.38. The number of nitrogens with two attached hydrogens (primary N) is 1. The summed E-state index contributed by atoms with van der Waals surface area (Å²) in [6.07, 6.45) is 2.34. The Hall–Kier alpha value is -0.610. The van der Waals surface area contributed by atoms with Crippen LogP contribution >= 0.6 is 0 Å². The molecular weight excluding hydrogens is 204 g/mol. The maximum absolute atomic E-state index is 12.0. The van der Waals surface area contributed by atoms with Crippen molar-refractivity contribution in [1.29, 1.82) is 0 Å². The van der Waals surface area contributed by atoms with Crippen LogP contribution in [-0.2, 0) is 4.79 Å². The minimum absolute atomic E-state index is 0.0353. The quantitative estimate of drug-likeness (QED) is 0.740. The fourth-order valence-electron chi connectivity index (χ4n) is 2.29. The Morgan fingerprint density at radius 2 is 2.00 bits per heavy atom. The van der Waals surface area contributed by atoms with Crippen molar-refractivity contribution in [2.45, 2.75) is 39.2 Å². The number of amides is 1. The van der Waals surface area contributed by atoms with Crippen molar-refractivity contribution in [3.8, 4) is 0 Å². The lowest BCUT2D eigenvalue weighted by Gasteiger charge is -2.34. The first-order chi connectivity index (χ1) is 7.56. The first-order valence-corrected chi connectivity index (χ1v) is 6.23. The zero-order chi connectivity index (χ0) is 12.1. The van der Waals surface area contributed by atoms with E-state index < -0.39 is 0 Å². The number of hydrogen-bond donors (Lipinski definition) is 2. The van der Waals surface area contributed by atoms with Gasteiger partial charge in [0.05, 0.1) is 6.10 Å². The molecule has 1 aliphatic rings. The van der Waals surface area contributed by atoms with Crippen LogP contribution in [0.3, 0.4) is 0 Å². The van der Waals surface area contributed by atoms with E-state index in [2.05, 4.69) is 0 Å². The number of aliphatic hydroxyl groups is 1. The summed E-state index contributed by atoms with van der Waals surface area (Å²) in [6, 6.07) is 0. The van der Waals surface area contributed by atoms with E-state index in [0.717, 1.165) is 32.4 Å². The highest BCUT2D eigenvalue weighted by Crippen LogP contribution is 2.22. The molecule has 4 heteroatoms. The van der Waals surface area contributed by atoms with E-state index in [0.29, 0.717) is 12.5 Å². The van der Waals surface area contributed by atoms with Gasteiger partial charge in [-0.2, -0.15) is 0 Å². The molecular formula is C12H24N2O2. The highest BCUT2D eigenvalue weighted by Gasteiger charge is 2.27. The van der Waals surface area contributed by atoms with Crippen LogP contribution in [0, 0.1) is 11.8 Å². The Labute approximate surface area is 97.8 Å². The lowest BCUT2D eigenvalue weighted by molar-refractivity contribution is -0.137. The molecule has 0 aromatic rings. The van der Waals surface area contributed by atoms with Gasteiger partial charge in [0.25, 0.3) is 0 Å². The van der Waals surface area contributed by atoms with Crippen molar-refractivity contribution in [2.75, 3.05) is 19.6 Å². The maximum Gasteiger partial charge on any atom is 0.225 e. The minimum Gasteiger partial charge on any atom is -0.393 e. The van der Waals surface area contributed by atoms with Crippen LogP contribution < -0.4 is 5.73 Å². The van der Waals surface area contributed by atoms with Gasteiger partial charge in [-0.3, -0.25) is 4.79 Å². The molecule has 2 atom stereocenters. The topological polar surface area (TPSA) is 66.6 Å². The van der Waals surface area contributed by atoms with Crippen LogP contribution in [0.15, 0.2) is 0 Å². The zero-order valence-corrected chi connectivity index (χ0v) is 10.4. The fourth-order valence-corrected chi connectivity index (χ4v) is 2.29. The predicted molar refractivity (Wildman–Crippen MR) is 63.8 cm³/mol. The summed E-state index contributed by atoms with van der Waals surface area (Å²) in [5.41, 5.74) is 5.45. The first kappa shape index (κ1) is 13.5. The molecule has 0 aliphatic carbocycles. The molecule has 0 bridgehead atoms. The van der Waals surface area contributed by atoms with E-state index in [1.54, 1.807) is 0 Å². The normalized spacial score (nSPS) is 21.9. The van der Waals surface area contributed by atoms with Gasteiger partial charge in [0.15, 0.2) is 0 Å². The van der Waals surface area contributed by atoms with Crippen molar-refractivity contribution in [3.05, 3.63) is 0 Å². The van der Waals surface area contributed by atoms with Gasteiger partial charge in [0.1, 0.15) is 0 Å². The molecule has 4 nitrogen and oxygen atoms in total. The Kier molecular flexibility index (Phi) is 5.22. The molecule has 0 saturated carbocycles. The van der Waals surface area contributed by atoms with Crippen molar-refractivity contribution < 1.29 is 9.90 Å². The molecule has 0 radical (unpaired) electrons. The lowest BCUT2D eigenvalue weighted by Crippen LogP contribution is -2.43. The van der Waals surface area contributed by atoms with Gasteiger partial charge in [-0.25, -0.2) is 0 Å². The van der Waals surface area contributed by atoms with Crippen LogP contribution in [0.4, 0.5) is 0 Å². The Bertz CT molecular complexity index is 223. The van der Waals surface area contributed by atoms with Crippen LogP contribution in [0.1, 0.15) is 33.1 Å². The molecule has 1 amide bonds. The average molecular weight is 228 g/mol. The van der Waals surface area contributed by atoms with Gasteiger partial charge in [-0.15, -0.1) is 0 Å². The van der Waals surface area contributed by atoms with Crippen LogP contribution in [0.25, 0.3) is 0 Å². The summed E-state index contributed by atoms with van der Waals surface area (Å²) in [7, 11) is 0. The van der Waals surface area contributed by atoms with E-state index in [1.807, 2.05) is 18.7 Å². The number of rotatable bonds is 4. The summed E-state index contributed by atoms with van der Waals surface area (Å²) in [4.78, 5) is 13.9. The number of carbonyl (C=O) groups is 1. The molecule has 0 spiro atoms. The third-order valence-corrected chi connectivity index (χ3v) is 3.55. The second-order valence-corrected chi connectivity index (χ2v) is 4.88. The van der Waals surface area contributed by atoms with Crippen LogP contribution in [0.2, 0.25) is 0 Å². The van der Waals surface area contributed by atoms with E-state index in [9.17, 15) is 9.90 Å². The number of hydrogen-bond acceptors (Lipinski definition) is 3. The number of nitrogens with zero attached hydrogens (tertiary/aromatic N) is 1. The molecule has 0 aromatic carbocycles. The summed E-state index contributed by atoms with van der Waals surface area (Å²) >= 11 is 0. The molecule has 1 rings (SSSR count). The largest absolute Gasteiger partial charge is 0.393 e. The summed E-state index contributed by atoms with van der Waals surface area (Å²) in [5, 5.41) is 9.48. The van der Waals surface area contributed by atoms with Crippen LogP contribution in [-0.4, -0.2) is 41.7 Å². The molecule has 1 aliphatic heterocycles. The molecule has 94 valence electrons. The maximum atomic E-state index is 12.0. The van der Waals surface area contributed by atoms with Gasteiger partial charge >= 0.3 is 0 Å². The van der Waals surface area contributed by atoms with E-state index >= 15 is 0 Å². The number of carbonyl (C=O) groups excluding carboxylic acids is 1. The summed E-state index contributed by atoms with van der Waals surface area (Å²) in [5.74, 6) is 0.608. The standard InChI is InChI=1S/C12H24N2O2/c1-9(3-6-13)12(16)14-7-4-11(5-8-14)10(2)15/h9-11,15H,3-8,13H2,1-2H3. The number of aliphatic hydroxyl groups excluding tert-OH is 1. The molecule has 16 heavy (non-hydrogen) atoms. The lowest BCUT2D eigenvalue weighted by atomic mass is 9.91. The third-order valence-electron chi connectivity index (χ3n) is 3.55. The second kappa shape index (κ2) is 6.21. The molecule has 1 heterocycles. The zero-order valence-electron chi connectivity index (χ0n) is 10.4. The predicted octanol–water partition coefficient (Wildman–Crippen LogP) is 0.591. The van der Waals surface area contributed by atoms with Crippen molar-refractivity contribution in [3.63, 3.8) is 0 Å². The molecule has 1 saturated heterocycles. The number of piperidine rings is 1. The van der Waals surface area contributed by atoms with Crippen molar-refractivity contribution in [2.24, 2.45) is 17.6 Å². The van der Waals surface area contributed by atoms with Gasteiger partial charge in [0.2, 0.25) is 5.91 Å². The summed E-state index contributed by atoms with van der Waals surface area (Å²) < 4.78 is 0. The number of likely N-dealkylation sites (tertiary alicyclic amines) is 1. The minimum atomic E-state index is -0.251.